The number of hydrogen-bond acceptors (Lipinski definition) is 2. The van der Waals surface area contributed by atoms with Gasteiger partial charge in [0.2, 0.25) is 8.32 Å². The summed E-state index contributed by atoms with van der Waals surface area (Å²) in [5.74, 6) is 1.51. The molecule has 0 radical (unpaired) electrons. The van der Waals surface area contributed by atoms with Gasteiger partial charge in [-0.1, -0.05) is 25.1 Å². The van der Waals surface area contributed by atoms with Gasteiger partial charge in [-0.05, 0) is 45.1 Å². The Morgan fingerprint density at radius 3 is 2.18 bits per heavy atom. The Bertz CT molecular complexity index is 377. The van der Waals surface area contributed by atoms with E-state index >= 15 is 0 Å². The molecule has 0 fully saturated rings. The van der Waals surface area contributed by atoms with Crippen molar-refractivity contribution in [1.82, 2.24) is 0 Å². The van der Waals surface area contributed by atoms with E-state index in [4.69, 9.17) is 9.16 Å². The molecule has 0 aromatic heterocycles. The summed E-state index contributed by atoms with van der Waals surface area (Å²) in [4.78, 5) is 0. The lowest BCUT2D eigenvalue weighted by atomic mass is 10.2. The van der Waals surface area contributed by atoms with Crippen molar-refractivity contribution in [2.45, 2.75) is 39.9 Å². The predicted octanol–water partition coefficient (Wildman–Crippen LogP) is 4.56. The van der Waals surface area contributed by atoms with Crippen LogP contribution in [0.25, 0.3) is 0 Å². The van der Waals surface area contributed by atoms with Crippen LogP contribution in [0.3, 0.4) is 0 Å². The number of rotatable bonds is 5. The number of benzene rings is 1. The van der Waals surface area contributed by atoms with Crippen molar-refractivity contribution in [2.24, 2.45) is 0 Å². The molecule has 1 aromatic carbocycles. The van der Waals surface area contributed by atoms with E-state index in [9.17, 15) is 0 Å². The Kier molecular flexibility index (Phi) is 4.81. The highest BCUT2D eigenvalue weighted by Gasteiger charge is 2.20. The van der Waals surface area contributed by atoms with Crippen LogP contribution >= 0.6 is 0 Å². The zero-order valence-electron chi connectivity index (χ0n) is 11.4. The average Bonchev–Trinajstić information content (AvgIpc) is 2.27. The second-order valence-corrected chi connectivity index (χ2v) is 9.48. The summed E-state index contributed by atoms with van der Waals surface area (Å²) in [6.45, 7) is 10.6. The first-order valence-electron chi connectivity index (χ1n) is 6.04. The fourth-order valence-corrected chi connectivity index (χ4v) is 1.99. The van der Waals surface area contributed by atoms with Crippen molar-refractivity contribution in [2.75, 3.05) is 0 Å². The smallest absolute Gasteiger partial charge is 0.269 e. The van der Waals surface area contributed by atoms with Crippen molar-refractivity contribution in [3.05, 3.63) is 41.9 Å². The van der Waals surface area contributed by atoms with Gasteiger partial charge in [0.15, 0.2) is 0 Å². The van der Waals surface area contributed by atoms with Crippen LogP contribution in [0.1, 0.15) is 20.3 Å². The molecule has 0 spiro atoms. The Morgan fingerprint density at radius 2 is 1.71 bits per heavy atom. The first kappa shape index (κ1) is 13.8. The first-order chi connectivity index (χ1) is 7.92. The number of allylic oxidation sites excluding steroid dienone is 1. The highest BCUT2D eigenvalue weighted by atomic mass is 28.4. The minimum Gasteiger partial charge on any atom is -0.519 e. The molecule has 0 N–H and O–H groups in total. The summed E-state index contributed by atoms with van der Waals surface area (Å²) in [6, 6.07) is 9.78. The van der Waals surface area contributed by atoms with Gasteiger partial charge in [-0.2, -0.15) is 0 Å². The van der Waals surface area contributed by atoms with Gasteiger partial charge in [0.25, 0.3) is 5.95 Å². The molecule has 0 aliphatic heterocycles. The molecule has 0 unspecified atom stereocenters. The van der Waals surface area contributed by atoms with E-state index in [2.05, 4.69) is 33.5 Å². The van der Waals surface area contributed by atoms with E-state index in [1.165, 1.54) is 0 Å². The lowest BCUT2D eigenvalue weighted by Gasteiger charge is -2.23. The highest BCUT2D eigenvalue weighted by molar-refractivity contribution is 6.70. The Morgan fingerprint density at radius 1 is 1.12 bits per heavy atom. The third-order valence-electron chi connectivity index (χ3n) is 2.23. The van der Waals surface area contributed by atoms with Crippen LogP contribution in [0.15, 0.2) is 41.9 Å². The van der Waals surface area contributed by atoms with Gasteiger partial charge in [0.1, 0.15) is 5.75 Å². The van der Waals surface area contributed by atoms with E-state index in [1.54, 1.807) is 0 Å². The van der Waals surface area contributed by atoms with Crippen molar-refractivity contribution < 1.29 is 9.16 Å². The van der Waals surface area contributed by atoms with Crippen LogP contribution in [0.2, 0.25) is 19.6 Å². The van der Waals surface area contributed by atoms with Crippen molar-refractivity contribution in [3.8, 4) is 5.75 Å². The van der Waals surface area contributed by atoms with Gasteiger partial charge in [0.05, 0.1) is 0 Å². The lowest BCUT2D eigenvalue weighted by molar-refractivity contribution is 0.214. The van der Waals surface area contributed by atoms with Gasteiger partial charge in [0, 0.05) is 5.57 Å². The van der Waals surface area contributed by atoms with Crippen LogP contribution in [0.4, 0.5) is 0 Å². The second kappa shape index (κ2) is 5.91. The van der Waals surface area contributed by atoms with Crippen LogP contribution in [-0.2, 0) is 4.43 Å². The number of hydrogen-bond donors (Lipinski definition) is 0. The molecular weight excluding hydrogens is 228 g/mol. The minimum atomic E-state index is -1.64. The van der Waals surface area contributed by atoms with Gasteiger partial charge in [-0.25, -0.2) is 0 Å². The summed E-state index contributed by atoms with van der Waals surface area (Å²) in [5.41, 5.74) is 1.15. The molecule has 0 bridgehead atoms. The van der Waals surface area contributed by atoms with Crippen molar-refractivity contribution >= 4 is 8.32 Å². The molecule has 0 aliphatic rings. The SMILES string of the molecule is CC/C(C)=C(\Oc1ccccc1)O[Si](C)(C)C. The Balaban J connectivity index is 2.87. The highest BCUT2D eigenvalue weighted by Crippen LogP contribution is 2.21. The third kappa shape index (κ3) is 5.09. The summed E-state index contributed by atoms with van der Waals surface area (Å²) < 4.78 is 11.8. The third-order valence-corrected chi connectivity index (χ3v) is 3.03. The normalized spacial score (nSPS) is 13.0. The lowest BCUT2D eigenvalue weighted by Crippen LogP contribution is -2.27. The summed E-state index contributed by atoms with van der Waals surface area (Å²) in [6.07, 6.45) is 0.937. The monoisotopic (exact) mass is 250 g/mol. The number of para-hydroxylation sites is 1. The maximum absolute atomic E-state index is 5.99. The minimum absolute atomic E-state index is 0.679. The molecular formula is C14H22O2Si. The van der Waals surface area contributed by atoms with E-state index in [0.29, 0.717) is 5.95 Å². The van der Waals surface area contributed by atoms with E-state index in [-0.39, 0.29) is 0 Å². The molecule has 94 valence electrons. The van der Waals surface area contributed by atoms with Crippen LogP contribution in [-0.4, -0.2) is 8.32 Å². The molecule has 1 rings (SSSR count). The fourth-order valence-electron chi connectivity index (χ4n) is 1.21. The summed E-state index contributed by atoms with van der Waals surface area (Å²) in [7, 11) is -1.64. The van der Waals surface area contributed by atoms with Gasteiger partial charge < -0.3 is 9.16 Å². The zero-order chi connectivity index (χ0) is 12.9. The molecule has 0 aliphatic carbocycles. The van der Waals surface area contributed by atoms with Crippen LogP contribution in [0.5, 0.6) is 5.75 Å². The Labute approximate surface area is 105 Å². The topological polar surface area (TPSA) is 18.5 Å². The maximum atomic E-state index is 5.99. The molecule has 0 saturated heterocycles. The molecule has 0 saturated carbocycles. The van der Waals surface area contributed by atoms with Gasteiger partial charge >= 0.3 is 0 Å². The maximum Gasteiger partial charge on any atom is 0.269 e. The fraction of sp³-hybridized carbons (Fsp3) is 0.429. The zero-order valence-corrected chi connectivity index (χ0v) is 12.4. The Hall–Kier alpha value is -1.22. The largest absolute Gasteiger partial charge is 0.519 e. The average molecular weight is 250 g/mol. The van der Waals surface area contributed by atoms with Crippen molar-refractivity contribution in [1.29, 1.82) is 0 Å². The quantitative estimate of drug-likeness (QED) is 0.563. The molecule has 2 nitrogen and oxygen atoms in total. The van der Waals surface area contributed by atoms with Crippen LogP contribution < -0.4 is 4.74 Å². The van der Waals surface area contributed by atoms with Gasteiger partial charge in [-0.15, -0.1) is 0 Å². The van der Waals surface area contributed by atoms with E-state index in [0.717, 1.165) is 17.7 Å². The molecule has 0 amide bonds. The van der Waals surface area contributed by atoms with Gasteiger partial charge in [-0.3, -0.25) is 0 Å². The number of ether oxygens (including phenoxy) is 1. The predicted molar refractivity (Wildman–Crippen MR) is 74.5 cm³/mol. The molecule has 17 heavy (non-hydrogen) atoms. The summed E-state index contributed by atoms with van der Waals surface area (Å²) >= 11 is 0. The molecule has 0 atom stereocenters. The standard InChI is InChI=1S/C14H22O2Si/c1-6-12(2)14(16-17(3,4)5)15-13-10-8-7-9-11-13/h7-11H,6H2,1-5H3/b14-12+. The molecule has 3 heteroatoms. The van der Waals surface area contributed by atoms with Crippen LogP contribution in [0, 0.1) is 0 Å². The second-order valence-electron chi connectivity index (χ2n) is 5.05. The van der Waals surface area contributed by atoms with E-state index < -0.39 is 8.32 Å². The molecule has 0 heterocycles. The van der Waals surface area contributed by atoms with Crippen molar-refractivity contribution in [3.63, 3.8) is 0 Å². The first-order valence-corrected chi connectivity index (χ1v) is 9.45. The molecule has 1 aromatic rings. The van der Waals surface area contributed by atoms with E-state index in [1.807, 2.05) is 30.3 Å². The summed E-state index contributed by atoms with van der Waals surface area (Å²) in [5, 5.41) is 0.